The fourth-order valence-electron chi connectivity index (χ4n) is 2.76. The van der Waals surface area contributed by atoms with Gasteiger partial charge in [-0.15, -0.1) is 0 Å². The molecular formula is C20H23NO3. The molecule has 4 heteroatoms. The molecule has 0 unspecified atom stereocenters. The average Bonchev–Trinajstić information content (AvgIpc) is 2.59. The summed E-state index contributed by atoms with van der Waals surface area (Å²) >= 11 is 0. The summed E-state index contributed by atoms with van der Waals surface area (Å²) in [5, 5.41) is 2.78. The third-order valence-electron chi connectivity index (χ3n) is 4.15. The molecule has 0 saturated carbocycles. The SMILES string of the molecule is CCCCC(=CC1=C(C)C(=O)c2ccccc2C1=O)C(=O)NCC. The van der Waals surface area contributed by atoms with Crippen molar-refractivity contribution in [3.63, 3.8) is 0 Å². The first-order chi connectivity index (χ1) is 11.5. The van der Waals surface area contributed by atoms with Crippen LogP contribution in [0.5, 0.6) is 0 Å². The number of nitrogens with one attached hydrogen (secondary N) is 1. The molecule has 0 fully saturated rings. The number of benzene rings is 1. The van der Waals surface area contributed by atoms with E-state index in [0.29, 0.717) is 40.8 Å². The third kappa shape index (κ3) is 3.53. The number of fused-ring (bicyclic) bond motifs is 1. The zero-order valence-corrected chi connectivity index (χ0v) is 14.4. The summed E-state index contributed by atoms with van der Waals surface area (Å²) < 4.78 is 0. The lowest BCUT2D eigenvalue weighted by molar-refractivity contribution is -0.117. The van der Waals surface area contributed by atoms with Gasteiger partial charge in [-0.2, -0.15) is 0 Å². The Morgan fingerprint density at radius 3 is 2.29 bits per heavy atom. The van der Waals surface area contributed by atoms with Crippen molar-refractivity contribution in [1.29, 1.82) is 0 Å². The summed E-state index contributed by atoms with van der Waals surface area (Å²) in [5.41, 5.74) is 2.12. The van der Waals surface area contributed by atoms with Gasteiger partial charge in [0.05, 0.1) is 0 Å². The Labute approximate surface area is 142 Å². The van der Waals surface area contributed by atoms with Gasteiger partial charge in [0.1, 0.15) is 0 Å². The minimum absolute atomic E-state index is 0.151. The third-order valence-corrected chi connectivity index (χ3v) is 4.15. The van der Waals surface area contributed by atoms with Gasteiger partial charge in [0.25, 0.3) is 0 Å². The van der Waals surface area contributed by atoms with Gasteiger partial charge in [-0.1, -0.05) is 37.6 Å². The van der Waals surface area contributed by atoms with E-state index in [4.69, 9.17) is 0 Å². The van der Waals surface area contributed by atoms with Gasteiger partial charge in [0.2, 0.25) is 5.91 Å². The molecule has 24 heavy (non-hydrogen) atoms. The highest BCUT2D eigenvalue weighted by Gasteiger charge is 2.29. The lowest BCUT2D eigenvalue weighted by Crippen LogP contribution is -2.26. The molecule has 0 saturated heterocycles. The largest absolute Gasteiger partial charge is 0.353 e. The van der Waals surface area contributed by atoms with Crippen LogP contribution < -0.4 is 5.32 Å². The minimum Gasteiger partial charge on any atom is -0.353 e. The number of hydrogen-bond donors (Lipinski definition) is 1. The van der Waals surface area contributed by atoms with Crippen molar-refractivity contribution in [2.45, 2.75) is 40.0 Å². The fraction of sp³-hybridized carbons (Fsp3) is 0.350. The molecule has 0 bridgehead atoms. The van der Waals surface area contributed by atoms with Crippen LogP contribution in [-0.4, -0.2) is 24.0 Å². The molecule has 1 amide bonds. The lowest BCUT2D eigenvalue weighted by Gasteiger charge is -2.18. The highest BCUT2D eigenvalue weighted by molar-refractivity contribution is 6.28. The lowest BCUT2D eigenvalue weighted by atomic mass is 9.83. The van der Waals surface area contributed by atoms with Crippen LogP contribution in [0.15, 0.2) is 47.1 Å². The molecule has 0 spiro atoms. The highest BCUT2D eigenvalue weighted by atomic mass is 16.2. The van der Waals surface area contributed by atoms with Gasteiger partial charge in [0.15, 0.2) is 11.6 Å². The summed E-state index contributed by atoms with van der Waals surface area (Å²) in [6.45, 7) is 6.07. The second-order valence-corrected chi connectivity index (χ2v) is 5.88. The molecule has 0 aromatic heterocycles. The van der Waals surface area contributed by atoms with Gasteiger partial charge < -0.3 is 5.32 Å². The number of carbonyl (C=O) groups is 3. The van der Waals surface area contributed by atoms with Crippen molar-refractivity contribution in [1.82, 2.24) is 5.32 Å². The van der Waals surface area contributed by atoms with E-state index in [9.17, 15) is 14.4 Å². The molecule has 4 nitrogen and oxygen atoms in total. The predicted octanol–water partition coefficient (Wildman–Crippen LogP) is 3.63. The zero-order valence-electron chi connectivity index (χ0n) is 14.4. The molecule has 1 aliphatic carbocycles. The number of allylic oxidation sites excluding steroid dienone is 3. The Morgan fingerprint density at radius 1 is 1.08 bits per heavy atom. The molecule has 0 radical (unpaired) electrons. The molecule has 0 heterocycles. The molecule has 2 rings (SSSR count). The number of hydrogen-bond acceptors (Lipinski definition) is 3. The summed E-state index contributed by atoms with van der Waals surface area (Å²) in [7, 11) is 0. The second-order valence-electron chi connectivity index (χ2n) is 5.88. The van der Waals surface area contributed by atoms with Crippen LogP contribution >= 0.6 is 0 Å². The van der Waals surface area contributed by atoms with Gasteiger partial charge in [-0.25, -0.2) is 0 Å². The Morgan fingerprint density at radius 2 is 1.71 bits per heavy atom. The van der Waals surface area contributed by atoms with Crippen molar-refractivity contribution in [3.8, 4) is 0 Å². The van der Waals surface area contributed by atoms with E-state index < -0.39 is 0 Å². The predicted molar refractivity (Wildman–Crippen MR) is 94.1 cm³/mol. The maximum Gasteiger partial charge on any atom is 0.247 e. The monoisotopic (exact) mass is 325 g/mol. The van der Waals surface area contributed by atoms with E-state index in [1.54, 1.807) is 37.3 Å². The quantitative estimate of drug-likeness (QED) is 0.812. The maximum atomic E-state index is 12.8. The van der Waals surface area contributed by atoms with E-state index in [1.807, 2.05) is 13.8 Å². The Bertz CT molecular complexity index is 741. The van der Waals surface area contributed by atoms with E-state index in [-0.39, 0.29) is 17.5 Å². The van der Waals surface area contributed by atoms with E-state index in [2.05, 4.69) is 5.32 Å². The van der Waals surface area contributed by atoms with Crippen LogP contribution in [0, 0.1) is 0 Å². The number of unbranched alkanes of at least 4 members (excludes halogenated alkanes) is 1. The topological polar surface area (TPSA) is 63.2 Å². The summed E-state index contributed by atoms with van der Waals surface area (Å²) in [5.74, 6) is -0.520. The van der Waals surface area contributed by atoms with Crippen molar-refractivity contribution in [2.24, 2.45) is 0 Å². The number of amides is 1. The fourth-order valence-corrected chi connectivity index (χ4v) is 2.76. The van der Waals surface area contributed by atoms with Gasteiger partial charge in [0, 0.05) is 34.4 Å². The summed E-state index contributed by atoms with van der Waals surface area (Å²) in [6.07, 6.45) is 3.99. The molecule has 0 atom stereocenters. The zero-order chi connectivity index (χ0) is 17.7. The Balaban J connectivity index is 2.47. The minimum atomic E-state index is -0.194. The highest BCUT2D eigenvalue weighted by Crippen LogP contribution is 2.28. The Kier molecular flexibility index (Phi) is 5.85. The van der Waals surface area contributed by atoms with Gasteiger partial charge >= 0.3 is 0 Å². The van der Waals surface area contributed by atoms with E-state index in [0.717, 1.165) is 12.8 Å². The number of ketones is 2. The van der Waals surface area contributed by atoms with Gasteiger partial charge in [-0.05, 0) is 32.8 Å². The number of carbonyl (C=O) groups excluding carboxylic acids is 3. The van der Waals surface area contributed by atoms with E-state index in [1.165, 1.54) is 0 Å². The first-order valence-corrected chi connectivity index (χ1v) is 8.39. The van der Waals surface area contributed by atoms with Crippen LogP contribution in [0.3, 0.4) is 0 Å². The smallest absolute Gasteiger partial charge is 0.247 e. The number of Topliss-reactive ketones (excluding diaryl/α,β-unsaturated/α-hetero) is 2. The average molecular weight is 325 g/mol. The first-order valence-electron chi connectivity index (χ1n) is 8.39. The normalized spacial score (nSPS) is 14.7. The second kappa shape index (κ2) is 7.86. The standard InChI is InChI=1S/C20H23NO3/c1-4-6-9-14(20(24)21-5-2)12-17-13(3)18(22)15-10-7-8-11-16(15)19(17)23/h7-8,10-12H,4-6,9H2,1-3H3,(H,21,24). The van der Waals surface area contributed by atoms with Crippen LogP contribution in [0.4, 0.5) is 0 Å². The summed E-state index contributed by atoms with van der Waals surface area (Å²) in [4.78, 5) is 37.6. The van der Waals surface area contributed by atoms with E-state index >= 15 is 0 Å². The number of likely N-dealkylation sites (N-methyl/N-ethyl adjacent to an activating group) is 1. The summed E-state index contributed by atoms with van der Waals surface area (Å²) in [6, 6.07) is 6.82. The van der Waals surface area contributed by atoms with Crippen molar-refractivity contribution in [3.05, 3.63) is 58.2 Å². The van der Waals surface area contributed by atoms with Crippen LogP contribution in [0.2, 0.25) is 0 Å². The van der Waals surface area contributed by atoms with Crippen molar-refractivity contribution < 1.29 is 14.4 Å². The molecule has 1 N–H and O–H groups in total. The van der Waals surface area contributed by atoms with Crippen LogP contribution in [-0.2, 0) is 4.79 Å². The maximum absolute atomic E-state index is 12.8. The molecule has 1 aromatic rings. The molecule has 0 aliphatic heterocycles. The molecule has 1 aliphatic rings. The van der Waals surface area contributed by atoms with Crippen LogP contribution in [0.25, 0.3) is 0 Å². The molecule has 126 valence electrons. The molecule has 1 aromatic carbocycles. The van der Waals surface area contributed by atoms with Crippen molar-refractivity contribution in [2.75, 3.05) is 6.54 Å². The first kappa shape index (κ1) is 17.9. The van der Waals surface area contributed by atoms with Crippen LogP contribution in [0.1, 0.15) is 60.7 Å². The van der Waals surface area contributed by atoms with Gasteiger partial charge in [-0.3, -0.25) is 14.4 Å². The van der Waals surface area contributed by atoms with Crippen molar-refractivity contribution >= 4 is 17.5 Å². The number of rotatable bonds is 6. The molecular weight excluding hydrogens is 302 g/mol. The Hall–Kier alpha value is -2.49.